The van der Waals surface area contributed by atoms with Gasteiger partial charge in [0.15, 0.2) is 0 Å². The summed E-state index contributed by atoms with van der Waals surface area (Å²) in [6.45, 7) is 4.34. The SMILES string of the molecule is CCc1cc2scnc2cc1C. The highest BCUT2D eigenvalue weighted by Crippen LogP contribution is 2.22. The molecule has 0 saturated heterocycles. The standard InChI is InChI=1S/C10H11NS/c1-3-8-5-10-9(4-7(8)2)11-6-12-10/h4-6H,3H2,1-2H3. The van der Waals surface area contributed by atoms with Crippen molar-refractivity contribution in [1.29, 1.82) is 0 Å². The first kappa shape index (κ1) is 7.74. The van der Waals surface area contributed by atoms with Crippen molar-refractivity contribution in [2.24, 2.45) is 0 Å². The summed E-state index contributed by atoms with van der Waals surface area (Å²) in [7, 11) is 0. The highest BCUT2D eigenvalue weighted by molar-refractivity contribution is 7.16. The van der Waals surface area contributed by atoms with E-state index in [9.17, 15) is 0 Å². The molecule has 1 aromatic heterocycles. The van der Waals surface area contributed by atoms with Crippen molar-refractivity contribution >= 4 is 21.6 Å². The third-order valence-electron chi connectivity index (χ3n) is 2.17. The van der Waals surface area contributed by atoms with Crippen LogP contribution in [-0.2, 0) is 6.42 Å². The fraction of sp³-hybridized carbons (Fsp3) is 0.300. The molecule has 1 aromatic carbocycles. The molecule has 2 aromatic rings. The van der Waals surface area contributed by atoms with E-state index < -0.39 is 0 Å². The van der Waals surface area contributed by atoms with Crippen LogP contribution in [0.5, 0.6) is 0 Å². The lowest BCUT2D eigenvalue weighted by Crippen LogP contribution is -1.84. The highest BCUT2D eigenvalue weighted by atomic mass is 32.1. The quantitative estimate of drug-likeness (QED) is 0.652. The highest BCUT2D eigenvalue weighted by Gasteiger charge is 2.00. The van der Waals surface area contributed by atoms with E-state index in [0.717, 1.165) is 11.9 Å². The van der Waals surface area contributed by atoms with Gasteiger partial charge in [-0.15, -0.1) is 11.3 Å². The predicted octanol–water partition coefficient (Wildman–Crippen LogP) is 3.17. The third-order valence-corrected chi connectivity index (χ3v) is 2.96. The molecule has 0 fully saturated rings. The summed E-state index contributed by atoms with van der Waals surface area (Å²) >= 11 is 1.71. The Morgan fingerprint density at radius 2 is 2.25 bits per heavy atom. The second kappa shape index (κ2) is 2.87. The second-order valence-electron chi connectivity index (χ2n) is 2.95. The van der Waals surface area contributed by atoms with Crippen LogP contribution in [0.2, 0.25) is 0 Å². The van der Waals surface area contributed by atoms with E-state index in [1.807, 2.05) is 5.51 Å². The molecule has 0 spiro atoms. The molecular formula is C10H11NS. The first-order valence-corrected chi connectivity index (χ1v) is 5.02. The Kier molecular flexibility index (Phi) is 1.85. The first-order valence-electron chi connectivity index (χ1n) is 4.14. The molecule has 0 atom stereocenters. The van der Waals surface area contributed by atoms with E-state index in [-0.39, 0.29) is 0 Å². The fourth-order valence-corrected chi connectivity index (χ4v) is 2.15. The molecule has 0 amide bonds. The van der Waals surface area contributed by atoms with Crippen LogP contribution in [0.25, 0.3) is 10.2 Å². The maximum Gasteiger partial charge on any atom is 0.0814 e. The third kappa shape index (κ3) is 1.12. The average Bonchev–Trinajstić information content (AvgIpc) is 2.49. The van der Waals surface area contributed by atoms with Crippen molar-refractivity contribution in [3.8, 4) is 0 Å². The minimum atomic E-state index is 1.11. The second-order valence-corrected chi connectivity index (χ2v) is 3.84. The number of benzene rings is 1. The van der Waals surface area contributed by atoms with E-state index in [1.54, 1.807) is 11.3 Å². The number of rotatable bonds is 1. The van der Waals surface area contributed by atoms with Gasteiger partial charge in [0, 0.05) is 0 Å². The summed E-state index contributed by atoms with van der Waals surface area (Å²) in [4.78, 5) is 4.27. The van der Waals surface area contributed by atoms with Crippen LogP contribution in [0.3, 0.4) is 0 Å². The molecule has 0 aliphatic heterocycles. The lowest BCUT2D eigenvalue weighted by Gasteiger charge is -2.01. The minimum absolute atomic E-state index is 1.11. The molecule has 0 radical (unpaired) electrons. The van der Waals surface area contributed by atoms with E-state index in [0.29, 0.717) is 0 Å². The number of aryl methyl sites for hydroxylation is 2. The van der Waals surface area contributed by atoms with Gasteiger partial charge in [-0.25, -0.2) is 4.98 Å². The number of nitrogens with zero attached hydrogens (tertiary/aromatic N) is 1. The molecule has 0 N–H and O–H groups in total. The summed E-state index contributed by atoms with van der Waals surface area (Å²) in [6.07, 6.45) is 1.11. The first-order chi connectivity index (χ1) is 5.81. The maximum atomic E-state index is 4.27. The number of hydrogen-bond donors (Lipinski definition) is 0. The Bertz CT molecular complexity index is 403. The smallest absolute Gasteiger partial charge is 0.0814 e. The van der Waals surface area contributed by atoms with Gasteiger partial charge >= 0.3 is 0 Å². The molecule has 0 aliphatic rings. The van der Waals surface area contributed by atoms with Crippen molar-refractivity contribution in [3.05, 3.63) is 28.8 Å². The van der Waals surface area contributed by atoms with Crippen molar-refractivity contribution in [3.63, 3.8) is 0 Å². The van der Waals surface area contributed by atoms with Crippen LogP contribution in [0.15, 0.2) is 17.6 Å². The van der Waals surface area contributed by atoms with E-state index >= 15 is 0 Å². The van der Waals surface area contributed by atoms with Crippen LogP contribution in [0.4, 0.5) is 0 Å². The average molecular weight is 177 g/mol. The molecule has 0 aliphatic carbocycles. The topological polar surface area (TPSA) is 12.9 Å². The summed E-state index contributed by atoms with van der Waals surface area (Å²) in [5.41, 5.74) is 5.83. The minimum Gasteiger partial charge on any atom is -0.245 e. The van der Waals surface area contributed by atoms with Gasteiger partial charge in [-0.1, -0.05) is 6.92 Å². The van der Waals surface area contributed by atoms with Gasteiger partial charge in [0.05, 0.1) is 15.7 Å². The van der Waals surface area contributed by atoms with Crippen LogP contribution >= 0.6 is 11.3 Å². The number of fused-ring (bicyclic) bond motifs is 1. The van der Waals surface area contributed by atoms with Gasteiger partial charge < -0.3 is 0 Å². The fourth-order valence-electron chi connectivity index (χ4n) is 1.43. The van der Waals surface area contributed by atoms with E-state index in [1.165, 1.54) is 15.8 Å². The van der Waals surface area contributed by atoms with Gasteiger partial charge in [-0.3, -0.25) is 0 Å². The van der Waals surface area contributed by atoms with Crippen LogP contribution in [-0.4, -0.2) is 4.98 Å². The van der Waals surface area contributed by atoms with Gasteiger partial charge in [-0.2, -0.15) is 0 Å². The van der Waals surface area contributed by atoms with Crippen molar-refractivity contribution in [1.82, 2.24) is 4.98 Å². The monoisotopic (exact) mass is 177 g/mol. The Morgan fingerprint density at radius 1 is 1.42 bits per heavy atom. The summed E-state index contributed by atoms with van der Waals surface area (Å²) in [5, 5.41) is 0. The summed E-state index contributed by atoms with van der Waals surface area (Å²) in [5.74, 6) is 0. The van der Waals surface area contributed by atoms with Gasteiger partial charge in [0.2, 0.25) is 0 Å². The molecule has 0 unspecified atom stereocenters. The Hall–Kier alpha value is -0.890. The number of aromatic nitrogens is 1. The number of thiazole rings is 1. The van der Waals surface area contributed by atoms with E-state index in [2.05, 4.69) is 31.0 Å². The molecule has 62 valence electrons. The molecular weight excluding hydrogens is 166 g/mol. The maximum absolute atomic E-state index is 4.27. The Balaban J connectivity index is 2.73. The van der Waals surface area contributed by atoms with E-state index in [4.69, 9.17) is 0 Å². The molecule has 2 heteroatoms. The molecule has 1 heterocycles. The zero-order chi connectivity index (χ0) is 8.55. The molecule has 12 heavy (non-hydrogen) atoms. The Morgan fingerprint density at radius 3 is 3.00 bits per heavy atom. The Labute approximate surface area is 76.1 Å². The molecule has 0 saturated carbocycles. The van der Waals surface area contributed by atoms with Crippen LogP contribution in [0.1, 0.15) is 18.1 Å². The molecule has 0 bridgehead atoms. The predicted molar refractivity (Wildman–Crippen MR) is 53.7 cm³/mol. The van der Waals surface area contributed by atoms with Crippen molar-refractivity contribution < 1.29 is 0 Å². The summed E-state index contributed by atoms with van der Waals surface area (Å²) < 4.78 is 1.30. The lowest BCUT2D eigenvalue weighted by atomic mass is 10.1. The lowest BCUT2D eigenvalue weighted by molar-refractivity contribution is 1.12. The van der Waals surface area contributed by atoms with Crippen LogP contribution < -0.4 is 0 Å². The summed E-state index contributed by atoms with van der Waals surface area (Å²) in [6, 6.07) is 4.42. The van der Waals surface area contributed by atoms with Gasteiger partial charge in [0.25, 0.3) is 0 Å². The zero-order valence-electron chi connectivity index (χ0n) is 7.29. The van der Waals surface area contributed by atoms with Crippen molar-refractivity contribution in [2.45, 2.75) is 20.3 Å². The van der Waals surface area contributed by atoms with Gasteiger partial charge in [-0.05, 0) is 36.6 Å². The normalized spacial score (nSPS) is 10.8. The largest absolute Gasteiger partial charge is 0.245 e. The molecule has 1 nitrogen and oxygen atoms in total. The van der Waals surface area contributed by atoms with Crippen LogP contribution in [0, 0.1) is 6.92 Å². The zero-order valence-corrected chi connectivity index (χ0v) is 8.11. The van der Waals surface area contributed by atoms with Crippen molar-refractivity contribution in [2.75, 3.05) is 0 Å². The molecule has 2 rings (SSSR count). The van der Waals surface area contributed by atoms with Gasteiger partial charge in [0.1, 0.15) is 0 Å². The number of hydrogen-bond acceptors (Lipinski definition) is 2.